The predicted octanol–water partition coefficient (Wildman–Crippen LogP) is 3.48. The van der Waals surface area contributed by atoms with Gasteiger partial charge in [0.25, 0.3) is 0 Å². The van der Waals surface area contributed by atoms with Crippen LogP contribution in [0.2, 0.25) is 10.0 Å². The maximum atomic E-state index is 11.7. The van der Waals surface area contributed by atoms with Crippen LogP contribution in [0.15, 0.2) is 23.8 Å². The smallest absolute Gasteiger partial charge is 0.311 e. The monoisotopic (exact) mass is 341 g/mol. The van der Waals surface area contributed by atoms with Crippen molar-refractivity contribution in [2.45, 2.75) is 6.42 Å². The molecule has 0 aliphatic rings. The molecule has 0 unspecified atom stereocenters. The maximum Gasteiger partial charge on any atom is 0.311 e. The van der Waals surface area contributed by atoms with Gasteiger partial charge in [-0.1, -0.05) is 23.2 Å². The third kappa shape index (κ3) is 2.62. The molecule has 3 aromatic rings. The van der Waals surface area contributed by atoms with E-state index in [4.69, 9.17) is 27.9 Å². The largest absolute Gasteiger partial charge is 0.469 e. The van der Waals surface area contributed by atoms with Crippen molar-refractivity contribution in [3.63, 3.8) is 0 Å². The first kappa shape index (κ1) is 14.3. The van der Waals surface area contributed by atoms with Crippen molar-refractivity contribution in [1.29, 1.82) is 0 Å². The molecule has 0 bridgehead atoms. The van der Waals surface area contributed by atoms with Crippen LogP contribution in [0.4, 0.5) is 0 Å². The number of carbonyl (C=O) groups excluding carboxylic acids is 1. The molecule has 0 atom stereocenters. The number of methoxy groups -OCH3 is 1. The zero-order chi connectivity index (χ0) is 15.0. The highest BCUT2D eigenvalue weighted by molar-refractivity contribution is 7.13. The highest BCUT2D eigenvalue weighted by atomic mass is 35.5. The molecule has 0 aromatic carbocycles. The van der Waals surface area contributed by atoms with Crippen LogP contribution in [0.25, 0.3) is 16.3 Å². The molecule has 108 valence electrons. The number of thiazole rings is 1. The Labute approximate surface area is 134 Å². The fourth-order valence-electron chi connectivity index (χ4n) is 2.01. The van der Waals surface area contributed by atoms with E-state index in [-0.39, 0.29) is 12.4 Å². The second-order valence-corrected chi connectivity index (χ2v) is 5.94. The van der Waals surface area contributed by atoms with Gasteiger partial charge in [-0.05, 0) is 6.07 Å². The van der Waals surface area contributed by atoms with Crippen LogP contribution >= 0.6 is 34.5 Å². The van der Waals surface area contributed by atoms with Gasteiger partial charge in [-0.3, -0.25) is 9.20 Å². The van der Waals surface area contributed by atoms with Gasteiger partial charge in [0.1, 0.15) is 10.7 Å². The number of ether oxygens (including phenoxy) is 1. The zero-order valence-electron chi connectivity index (χ0n) is 10.8. The molecular formula is C13H9Cl2N3O2S. The molecule has 21 heavy (non-hydrogen) atoms. The van der Waals surface area contributed by atoms with Gasteiger partial charge in [0.2, 0.25) is 0 Å². The van der Waals surface area contributed by atoms with Crippen LogP contribution in [0.1, 0.15) is 5.69 Å². The van der Waals surface area contributed by atoms with Crippen molar-refractivity contribution in [3.8, 4) is 10.7 Å². The topological polar surface area (TPSA) is 56.5 Å². The molecule has 0 spiro atoms. The summed E-state index contributed by atoms with van der Waals surface area (Å²) in [5, 5.41) is 3.43. The first-order valence-corrected chi connectivity index (χ1v) is 7.56. The molecule has 0 saturated heterocycles. The molecule has 0 saturated carbocycles. The first-order valence-electron chi connectivity index (χ1n) is 5.93. The Morgan fingerprint density at radius 2 is 2.29 bits per heavy atom. The highest BCUT2D eigenvalue weighted by Crippen LogP contribution is 2.31. The number of halogens is 2. The normalized spacial score (nSPS) is 11.0. The molecule has 3 rings (SSSR count). The third-order valence-electron chi connectivity index (χ3n) is 2.92. The van der Waals surface area contributed by atoms with E-state index in [1.165, 1.54) is 18.4 Å². The summed E-state index contributed by atoms with van der Waals surface area (Å²) < 4.78 is 6.45. The van der Waals surface area contributed by atoms with Crippen LogP contribution < -0.4 is 0 Å². The summed E-state index contributed by atoms with van der Waals surface area (Å²) in [6, 6.07) is 1.61. The Balaban J connectivity index is 2.28. The van der Waals surface area contributed by atoms with E-state index in [0.29, 0.717) is 32.1 Å². The van der Waals surface area contributed by atoms with Crippen LogP contribution in [-0.2, 0) is 16.0 Å². The fourth-order valence-corrected chi connectivity index (χ4v) is 3.17. The number of pyridine rings is 1. The number of rotatable bonds is 3. The second-order valence-electron chi connectivity index (χ2n) is 4.20. The summed E-state index contributed by atoms with van der Waals surface area (Å²) in [5.41, 5.74) is 1.79. The van der Waals surface area contributed by atoms with Crippen molar-refractivity contribution in [1.82, 2.24) is 14.4 Å². The van der Waals surface area contributed by atoms with E-state index in [1.54, 1.807) is 22.9 Å². The zero-order valence-corrected chi connectivity index (χ0v) is 13.2. The van der Waals surface area contributed by atoms with Gasteiger partial charge in [0.15, 0.2) is 5.65 Å². The summed E-state index contributed by atoms with van der Waals surface area (Å²) in [4.78, 5) is 20.4. The Hall–Kier alpha value is -1.63. The Morgan fingerprint density at radius 1 is 1.48 bits per heavy atom. The number of imidazole rings is 1. The number of aromatic nitrogens is 3. The SMILES string of the molecule is COC(=O)Cc1c(-c2nccs2)nc2c(Cl)cc(Cl)cn12. The first-order chi connectivity index (χ1) is 10.1. The summed E-state index contributed by atoms with van der Waals surface area (Å²) in [6.07, 6.45) is 3.41. The van der Waals surface area contributed by atoms with Gasteiger partial charge in [0.05, 0.1) is 29.3 Å². The van der Waals surface area contributed by atoms with Gasteiger partial charge in [-0.2, -0.15) is 0 Å². The van der Waals surface area contributed by atoms with Crippen LogP contribution in [0, 0.1) is 0 Å². The van der Waals surface area contributed by atoms with E-state index in [1.807, 2.05) is 5.38 Å². The predicted molar refractivity (Wildman–Crippen MR) is 82.0 cm³/mol. The van der Waals surface area contributed by atoms with E-state index < -0.39 is 0 Å². The van der Waals surface area contributed by atoms with Gasteiger partial charge in [-0.15, -0.1) is 11.3 Å². The summed E-state index contributed by atoms with van der Waals surface area (Å²) in [6.45, 7) is 0. The van der Waals surface area contributed by atoms with Crippen LogP contribution in [-0.4, -0.2) is 27.4 Å². The molecule has 3 aromatic heterocycles. The average Bonchev–Trinajstić information content (AvgIpc) is 3.07. The average molecular weight is 342 g/mol. The van der Waals surface area contributed by atoms with Gasteiger partial charge in [0, 0.05) is 17.8 Å². The van der Waals surface area contributed by atoms with Crippen LogP contribution in [0.5, 0.6) is 0 Å². The molecule has 0 aliphatic heterocycles. The molecule has 0 radical (unpaired) electrons. The van der Waals surface area contributed by atoms with E-state index in [9.17, 15) is 4.79 Å². The minimum Gasteiger partial charge on any atom is -0.469 e. The number of carbonyl (C=O) groups is 1. The number of hydrogen-bond donors (Lipinski definition) is 0. The van der Waals surface area contributed by atoms with Crippen molar-refractivity contribution in [2.75, 3.05) is 7.11 Å². The summed E-state index contributed by atoms with van der Waals surface area (Å²) >= 11 is 13.7. The number of esters is 1. The van der Waals surface area contributed by atoms with Crippen LogP contribution in [0.3, 0.4) is 0 Å². The van der Waals surface area contributed by atoms with E-state index in [2.05, 4.69) is 9.97 Å². The second kappa shape index (κ2) is 5.63. The lowest BCUT2D eigenvalue weighted by molar-refractivity contribution is -0.139. The Bertz CT molecular complexity index is 815. The molecule has 3 heterocycles. The van der Waals surface area contributed by atoms with Gasteiger partial charge < -0.3 is 4.74 Å². The highest BCUT2D eigenvalue weighted by Gasteiger charge is 2.20. The standard InChI is InChI=1S/C13H9Cl2N3O2S/c1-20-10(19)5-9-11(13-16-2-3-21-13)17-12-8(15)4-7(14)6-18(9)12/h2-4,6H,5H2,1H3. The van der Waals surface area contributed by atoms with Crippen molar-refractivity contribution in [2.24, 2.45) is 0 Å². The quantitative estimate of drug-likeness (QED) is 0.684. The molecule has 0 aliphatic carbocycles. The number of hydrogen-bond acceptors (Lipinski definition) is 5. The lowest BCUT2D eigenvalue weighted by Crippen LogP contribution is -2.07. The number of nitrogens with zero attached hydrogens (tertiary/aromatic N) is 3. The Kier molecular flexibility index (Phi) is 3.84. The molecule has 5 nitrogen and oxygen atoms in total. The fraction of sp³-hybridized carbons (Fsp3) is 0.154. The molecule has 0 fully saturated rings. The Morgan fingerprint density at radius 3 is 2.95 bits per heavy atom. The van der Waals surface area contributed by atoms with E-state index in [0.717, 1.165) is 0 Å². The summed E-state index contributed by atoms with van der Waals surface area (Å²) in [5.74, 6) is -0.370. The molecule has 8 heteroatoms. The minimum atomic E-state index is -0.370. The van der Waals surface area contributed by atoms with Crippen molar-refractivity contribution in [3.05, 3.63) is 39.6 Å². The lowest BCUT2D eigenvalue weighted by atomic mass is 10.2. The maximum absolute atomic E-state index is 11.7. The van der Waals surface area contributed by atoms with Crippen molar-refractivity contribution >= 4 is 46.2 Å². The number of fused-ring (bicyclic) bond motifs is 1. The van der Waals surface area contributed by atoms with E-state index >= 15 is 0 Å². The third-order valence-corrected chi connectivity index (χ3v) is 4.18. The molecular weight excluding hydrogens is 333 g/mol. The molecule has 0 amide bonds. The van der Waals surface area contributed by atoms with Gasteiger partial charge >= 0.3 is 5.97 Å². The molecule has 0 N–H and O–H groups in total. The minimum absolute atomic E-state index is 0.0588. The summed E-state index contributed by atoms with van der Waals surface area (Å²) in [7, 11) is 1.34. The van der Waals surface area contributed by atoms with Crippen molar-refractivity contribution < 1.29 is 9.53 Å². The lowest BCUT2D eigenvalue weighted by Gasteiger charge is -2.04. The van der Waals surface area contributed by atoms with Gasteiger partial charge in [-0.25, -0.2) is 9.97 Å².